The van der Waals surface area contributed by atoms with Crippen molar-refractivity contribution in [3.8, 4) is 17.3 Å². The molecule has 138 valence electrons. The van der Waals surface area contributed by atoms with Crippen molar-refractivity contribution in [1.29, 1.82) is 0 Å². The number of hydrogen-bond acceptors (Lipinski definition) is 5. The van der Waals surface area contributed by atoms with E-state index in [2.05, 4.69) is 9.98 Å². The van der Waals surface area contributed by atoms with Gasteiger partial charge in [0.1, 0.15) is 11.3 Å². The van der Waals surface area contributed by atoms with Crippen molar-refractivity contribution in [2.45, 2.75) is 0 Å². The fourth-order valence-electron chi connectivity index (χ4n) is 2.39. The van der Waals surface area contributed by atoms with Crippen LogP contribution >= 0.6 is 23.2 Å². The summed E-state index contributed by atoms with van der Waals surface area (Å²) in [6.45, 7) is 0. The lowest BCUT2D eigenvalue weighted by Gasteiger charge is -2.10. The average molecular weight is 406 g/mol. The molecule has 2 aromatic carbocycles. The first-order valence-electron chi connectivity index (χ1n) is 7.63. The average Bonchev–Trinajstić information content (AvgIpc) is 2.63. The number of H-pyrrole nitrogens is 1. The van der Waals surface area contributed by atoms with Crippen LogP contribution in [0.5, 0.6) is 11.6 Å². The number of nitrogens with one attached hydrogen (secondary N) is 1. The van der Waals surface area contributed by atoms with Gasteiger partial charge in [-0.05, 0) is 30.3 Å². The van der Waals surface area contributed by atoms with Gasteiger partial charge >= 0.3 is 5.69 Å². The van der Waals surface area contributed by atoms with Crippen molar-refractivity contribution >= 4 is 35.1 Å². The summed E-state index contributed by atoms with van der Waals surface area (Å²) >= 11 is 12.1. The minimum atomic E-state index is -0.824. The maximum absolute atomic E-state index is 12.2. The second kappa shape index (κ2) is 7.69. The van der Waals surface area contributed by atoms with Gasteiger partial charge in [0.15, 0.2) is 0 Å². The number of aromatic amines is 1. The lowest BCUT2D eigenvalue weighted by Crippen LogP contribution is -2.31. The SMILES string of the molecule is COc1ccc(N=Cc2c(O)n(-c3ccccc3Cl)c(=O)[nH]c2=O)cc1Cl. The minimum absolute atomic E-state index is 0.207. The number of aromatic nitrogens is 2. The highest BCUT2D eigenvalue weighted by atomic mass is 35.5. The van der Waals surface area contributed by atoms with Gasteiger partial charge in [-0.15, -0.1) is 0 Å². The standard InChI is InChI=1S/C18H13Cl2N3O4/c1-27-15-7-6-10(8-13(15)20)21-9-11-16(24)22-18(26)23(17(11)25)14-5-3-2-4-12(14)19/h2-9,25H,1H3,(H,22,24,26). The molecule has 0 aliphatic carbocycles. The first-order valence-corrected chi connectivity index (χ1v) is 8.38. The number of halogens is 2. The number of ether oxygens (including phenoxy) is 1. The quantitative estimate of drug-likeness (QED) is 0.650. The maximum atomic E-state index is 12.2. The molecule has 3 rings (SSSR count). The highest BCUT2D eigenvalue weighted by Crippen LogP contribution is 2.29. The third kappa shape index (κ3) is 3.74. The van der Waals surface area contributed by atoms with Crippen LogP contribution in [0.25, 0.3) is 5.69 Å². The molecule has 0 atom stereocenters. The predicted molar refractivity (Wildman–Crippen MR) is 105 cm³/mol. The zero-order valence-corrected chi connectivity index (χ0v) is 15.5. The summed E-state index contributed by atoms with van der Waals surface area (Å²) in [5, 5.41) is 11.1. The molecular weight excluding hydrogens is 393 g/mol. The van der Waals surface area contributed by atoms with E-state index in [1.54, 1.807) is 30.3 Å². The van der Waals surface area contributed by atoms with Crippen LogP contribution in [0.15, 0.2) is 57.0 Å². The molecule has 2 N–H and O–H groups in total. The molecule has 0 spiro atoms. The van der Waals surface area contributed by atoms with Crippen LogP contribution in [0.1, 0.15) is 5.56 Å². The van der Waals surface area contributed by atoms with Crippen LogP contribution in [0.2, 0.25) is 10.0 Å². The largest absolute Gasteiger partial charge is 0.495 e. The van der Waals surface area contributed by atoms with Crippen LogP contribution in [0, 0.1) is 0 Å². The maximum Gasteiger partial charge on any atom is 0.335 e. The Morgan fingerprint density at radius 1 is 1.15 bits per heavy atom. The number of nitrogens with zero attached hydrogens (tertiary/aromatic N) is 2. The molecule has 0 unspecified atom stereocenters. The number of rotatable bonds is 4. The van der Waals surface area contributed by atoms with Crippen LogP contribution in [0.4, 0.5) is 5.69 Å². The molecule has 0 aliphatic rings. The highest BCUT2D eigenvalue weighted by molar-refractivity contribution is 6.32. The van der Waals surface area contributed by atoms with E-state index in [1.807, 2.05) is 0 Å². The topological polar surface area (TPSA) is 96.7 Å². The number of aromatic hydroxyl groups is 1. The Bertz CT molecular complexity index is 1150. The molecule has 0 aliphatic heterocycles. The van der Waals surface area contributed by atoms with Crippen molar-refractivity contribution < 1.29 is 9.84 Å². The van der Waals surface area contributed by atoms with E-state index in [9.17, 15) is 14.7 Å². The zero-order valence-electron chi connectivity index (χ0n) is 13.9. The molecule has 0 bridgehead atoms. The molecule has 3 aromatic rings. The van der Waals surface area contributed by atoms with Gasteiger partial charge in [-0.1, -0.05) is 35.3 Å². The van der Waals surface area contributed by atoms with E-state index in [1.165, 1.54) is 19.2 Å². The number of benzene rings is 2. The Kier molecular flexibility index (Phi) is 5.34. The number of methoxy groups -OCH3 is 1. The van der Waals surface area contributed by atoms with Crippen molar-refractivity contribution in [1.82, 2.24) is 9.55 Å². The highest BCUT2D eigenvalue weighted by Gasteiger charge is 2.16. The van der Waals surface area contributed by atoms with Gasteiger partial charge < -0.3 is 9.84 Å². The third-order valence-corrected chi connectivity index (χ3v) is 4.31. The zero-order chi connectivity index (χ0) is 19.6. The summed E-state index contributed by atoms with van der Waals surface area (Å²) in [5.41, 5.74) is -1.17. The summed E-state index contributed by atoms with van der Waals surface area (Å²) in [6.07, 6.45) is 1.14. The van der Waals surface area contributed by atoms with E-state index < -0.39 is 17.1 Å². The Hall–Kier alpha value is -3.03. The summed E-state index contributed by atoms with van der Waals surface area (Å²) in [7, 11) is 1.49. The first kappa shape index (κ1) is 18.8. The fourth-order valence-corrected chi connectivity index (χ4v) is 2.86. The van der Waals surface area contributed by atoms with Gasteiger partial charge in [-0.2, -0.15) is 0 Å². The fraction of sp³-hybridized carbons (Fsp3) is 0.0556. The normalized spacial score (nSPS) is 11.1. The molecule has 0 fully saturated rings. The van der Waals surface area contributed by atoms with Crippen LogP contribution in [0.3, 0.4) is 0 Å². The molecule has 0 saturated carbocycles. The van der Waals surface area contributed by atoms with Crippen LogP contribution < -0.4 is 16.0 Å². The monoisotopic (exact) mass is 405 g/mol. The Morgan fingerprint density at radius 2 is 1.89 bits per heavy atom. The van der Waals surface area contributed by atoms with E-state index in [-0.39, 0.29) is 16.3 Å². The molecule has 1 heterocycles. The third-order valence-electron chi connectivity index (χ3n) is 3.69. The molecule has 0 amide bonds. The molecule has 27 heavy (non-hydrogen) atoms. The van der Waals surface area contributed by atoms with Gasteiger partial charge in [0.25, 0.3) is 5.56 Å². The van der Waals surface area contributed by atoms with Gasteiger partial charge in [-0.3, -0.25) is 14.8 Å². The van der Waals surface area contributed by atoms with Crippen molar-refractivity contribution in [3.63, 3.8) is 0 Å². The number of hydrogen-bond donors (Lipinski definition) is 2. The lowest BCUT2D eigenvalue weighted by molar-refractivity contribution is 0.415. The van der Waals surface area contributed by atoms with E-state index in [0.717, 1.165) is 10.8 Å². The number of aliphatic imine (C=N–C) groups is 1. The van der Waals surface area contributed by atoms with Crippen LogP contribution in [-0.4, -0.2) is 28.0 Å². The lowest BCUT2D eigenvalue weighted by atomic mass is 10.2. The molecular formula is C18H13Cl2N3O4. The Balaban J connectivity index is 2.10. The van der Waals surface area contributed by atoms with Crippen molar-refractivity contribution in [2.24, 2.45) is 4.99 Å². The second-order valence-electron chi connectivity index (χ2n) is 5.36. The molecule has 1 aromatic heterocycles. The summed E-state index contributed by atoms with van der Waals surface area (Å²) in [4.78, 5) is 30.6. The van der Waals surface area contributed by atoms with Gasteiger partial charge in [-0.25, -0.2) is 9.36 Å². The Morgan fingerprint density at radius 3 is 2.56 bits per heavy atom. The summed E-state index contributed by atoms with van der Waals surface area (Å²) < 4.78 is 5.96. The molecule has 9 heteroatoms. The van der Waals surface area contributed by atoms with Crippen LogP contribution in [-0.2, 0) is 0 Å². The van der Waals surface area contributed by atoms with E-state index >= 15 is 0 Å². The smallest absolute Gasteiger partial charge is 0.335 e. The van der Waals surface area contributed by atoms with E-state index in [4.69, 9.17) is 27.9 Å². The van der Waals surface area contributed by atoms with Gasteiger partial charge in [0, 0.05) is 6.21 Å². The summed E-state index contributed by atoms with van der Waals surface area (Å²) in [5.74, 6) is -0.108. The van der Waals surface area contributed by atoms with Crippen molar-refractivity contribution in [3.05, 3.63) is 78.9 Å². The number of para-hydroxylation sites is 1. The minimum Gasteiger partial charge on any atom is -0.495 e. The Labute approximate surface area is 163 Å². The molecule has 0 radical (unpaired) electrons. The van der Waals surface area contributed by atoms with Gasteiger partial charge in [0.2, 0.25) is 5.88 Å². The second-order valence-corrected chi connectivity index (χ2v) is 6.17. The first-order chi connectivity index (χ1) is 12.9. The molecule has 0 saturated heterocycles. The van der Waals surface area contributed by atoms with E-state index in [0.29, 0.717) is 16.5 Å². The summed E-state index contributed by atoms with van der Waals surface area (Å²) in [6, 6.07) is 11.2. The predicted octanol–water partition coefficient (Wildman–Crippen LogP) is 3.30. The van der Waals surface area contributed by atoms with Gasteiger partial charge in [0.05, 0.1) is 28.5 Å². The van der Waals surface area contributed by atoms with Crippen molar-refractivity contribution in [2.75, 3.05) is 7.11 Å². The molecule has 7 nitrogen and oxygen atoms in total.